The molecule has 0 bridgehead atoms. The van der Waals surface area contributed by atoms with Crippen molar-refractivity contribution in [3.63, 3.8) is 0 Å². The third kappa shape index (κ3) is 17.4. The third-order valence-electron chi connectivity index (χ3n) is 7.10. The molecule has 6 heteroatoms. The van der Waals surface area contributed by atoms with Crippen LogP contribution in [-0.2, 0) is 22.5 Å². The Labute approximate surface area is 271 Å². The first-order valence-corrected chi connectivity index (χ1v) is 17.0. The van der Waals surface area contributed by atoms with Gasteiger partial charge in [0.2, 0.25) is 0 Å². The van der Waals surface area contributed by atoms with Crippen molar-refractivity contribution in [2.75, 3.05) is 52.4 Å². The van der Waals surface area contributed by atoms with Crippen molar-refractivity contribution >= 4 is 5.69 Å². The number of aryl methyl sites for hydroxylation is 1. The first-order chi connectivity index (χ1) is 21.1. The van der Waals surface area contributed by atoms with Crippen molar-refractivity contribution < 1.29 is 19.3 Å². The average molecular weight is 617 g/mol. The standard InChI is InChI=1S/C16H23NO3.C13H21N.C4H10.C3H8O.C2H6/c1-19-10-11-2-3-15-13(8-11)14(18)9-16(20-15)12-4-6-17-7-5-12;1-5-12-6-8-13(9-7-12)14(4)10-11(2)3;1-4(2)3;1-3-4-2;1-2/h2-3,8,12,14,16-18H,4-7,9-10H2,1H3;6-9,11H,5,10H2,1-4H3;4H,1-3H3;3H2,1-2H3;1-2H3. The van der Waals surface area contributed by atoms with Crippen LogP contribution in [-0.4, -0.2) is 58.7 Å². The molecule has 2 aliphatic heterocycles. The molecule has 254 valence electrons. The highest BCUT2D eigenvalue weighted by Gasteiger charge is 2.33. The summed E-state index contributed by atoms with van der Waals surface area (Å²) in [7, 11) is 5.51. The van der Waals surface area contributed by atoms with Crippen LogP contribution in [0.3, 0.4) is 0 Å². The zero-order valence-corrected chi connectivity index (χ0v) is 30.4. The number of nitrogens with zero attached hydrogens (tertiary/aromatic N) is 1. The minimum Gasteiger partial charge on any atom is -0.490 e. The van der Waals surface area contributed by atoms with Gasteiger partial charge in [-0.25, -0.2) is 0 Å². The van der Waals surface area contributed by atoms with Crippen molar-refractivity contribution in [3.05, 3.63) is 59.2 Å². The van der Waals surface area contributed by atoms with E-state index < -0.39 is 6.10 Å². The van der Waals surface area contributed by atoms with E-state index in [1.807, 2.05) is 39.0 Å². The lowest BCUT2D eigenvalue weighted by Crippen LogP contribution is -2.39. The van der Waals surface area contributed by atoms with Gasteiger partial charge in [0.15, 0.2) is 0 Å². The van der Waals surface area contributed by atoms with Gasteiger partial charge in [-0.2, -0.15) is 0 Å². The number of aliphatic hydroxyl groups excluding tert-OH is 1. The summed E-state index contributed by atoms with van der Waals surface area (Å²) < 4.78 is 15.8. The van der Waals surface area contributed by atoms with Crippen LogP contribution in [0.2, 0.25) is 0 Å². The molecule has 2 aliphatic rings. The molecule has 2 N–H and O–H groups in total. The topological polar surface area (TPSA) is 63.2 Å². The second-order valence-electron chi connectivity index (χ2n) is 12.4. The molecule has 6 nitrogen and oxygen atoms in total. The van der Waals surface area contributed by atoms with Crippen LogP contribution in [0.15, 0.2) is 42.5 Å². The number of hydrogen-bond acceptors (Lipinski definition) is 6. The summed E-state index contributed by atoms with van der Waals surface area (Å²) in [6.45, 7) is 23.8. The van der Waals surface area contributed by atoms with Crippen LogP contribution < -0.4 is 15.0 Å². The lowest BCUT2D eigenvalue weighted by molar-refractivity contribution is 0.0252. The van der Waals surface area contributed by atoms with E-state index in [9.17, 15) is 5.11 Å². The summed E-state index contributed by atoms with van der Waals surface area (Å²) in [5.74, 6) is 2.94. The number of nitrogens with one attached hydrogen (secondary N) is 1. The van der Waals surface area contributed by atoms with Gasteiger partial charge in [0.25, 0.3) is 0 Å². The highest BCUT2D eigenvalue weighted by atomic mass is 16.5. The molecular weight excluding hydrogens is 548 g/mol. The number of methoxy groups -OCH3 is 2. The van der Waals surface area contributed by atoms with Gasteiger partial charge in [-0.15, -0.1) is 0 Å². The van der Waals surface area contributed by atoms with E-state index in [0.717, 1.165) is 68.3 Å². The minimum atomic E-state index is -0.421. The fraction of sp³-hybridized carbons (Fsp3) is 0.684. The molecular formula is C38H68N2O4. The highest BCUT2D eigenvalue weighted by Crippen LogP contribution is 2.39. The molecule has 0 saturated carbocycles. The maximum absolute atomic E-state index is 10.4. The first kappa shape index (κ1) is 41.9. The molecule has 2 unspecified atom stereocenters. The second kappa shape index (κ2) is 25.1. The Hall–Kier alpha value is -2.12. The van der Waals surface area contributed by atoms with Gasteiger partial charge in [0.1, 0.15) is 11.9 Å². The van der Waals surface area contributed by atoms with Crippen LogP contribution in [0.25, 0.3) is 0 Å². The van der Waals surface area contributed by atoms with Crippen LogP contribution in [0.1, 0.15) is 104 Å². The Bertz CT molecular complexity index is 938. The van der Waals surface area contributed by atoms with Crippen LogP contribution >= 0.6 is 0 Å². The average Bonchev–Trinajstić information content (AvgIpc) is 3.02. The Morgan fingerprint density at radius 2 is 1.45 bits per heavy atom. The monoisotopic (exact) mass is 617 g/mol. The fourth-order valence-corrected chi connectivity index (χ4v) is 4.92. The minimum absolute atomic E-state index is 0.146. The van der Waals surface area contributed by atoms with E-state index in [4.69, 9.17) is 9.47 Å². The summed E-state index contributed by atoms with van der Waals surface area (Å²) >= 11 is 0. The molecule has 0 radical (unpaired) electrons. The maximum Gasteiger partial charge on any atom is 0.125 e. The normalized spacial score (nSPS) is 17.2. The number of aliphatic hydroxyl groups is 1. The van der Waals surface area contributed by atoms with Gasteiger partial charge in [-0.3, -0.25) is 0 Å². The molecule has 44 heavy (non-hydrogen) atoms. The first-order valence-electron chi connectivity index (χ1n) is 17.0. The summed E-state index contributed by atoms with van der Waals surface area (Å²) in [4.78, 5) is 2.31. The number of piperidine rings is 1. The van der Waals surface area contributed by atoms with E-state index >= 15 is 0 Å². The van der Waals surface area contributed by atoms with E-state index in [1.165, 1.54) is 11.3 Å². The van der Waals surface area contributed by atoms with E-state index in [1.54, 1.807) is 14.2 Å². The molecule has 2 heterocycles. The van der Waals surface area contributed by atoms with Crippen molar-refractivity contribution in [2.24, 2.45) is 17.8 Å². The van der Waals surface area contributed by atoms with Gasteiger partial charge < -0.3 is 29.5 Å². The van der Waals surface area contributed by atoms with Crippen molar-refractivity contribution in [1.82, 2.24) is 5.32 Å². The number of benzene rings is 2. The van der Waals surface area contributed by atoms with Gasteiger partial charge >= 0.3 is 0 Å². The second-order valence-corrected chi connectivity index (χ2v) is 12.4. The lowest BCUT2D eigenvalue weighted by atomic mass is 9.85. The van der Waals surface area contributed by atoms with Crippen LogP contribution in [0, 0.1) is 17.8 Å². The Morgan fingerprint density at radius 1 is 0.909 bits per heavy atom. The fourth-order valence-electron chi connectivity index (χ4n) is 4.92. The number of fused-ring (bicyclic) bond motifs is 1. The molecule has 0 spiro atoms. The summed E-state index contributed by atoms with van der Waals surface area (Å²) in [5, 5.41) is 13.8. The quantitative estimate of drug-likeness (QED) is 0.309. The summed E-state index contributed by atoms with van der Waals surface area (Å²) in [6.07, 6.45) is 3.81. The van der Waals surface area contributed by atoms with Crippen LogP contribution in [0.4, 0.5) is 5.69 Å². The molecule has 0 aromatic heterocycles. The van der Waals surface area contributed by atoms with Crippen LogP contribution in [0.5, 0.6) is 5.75 Å². The van der Waals surface area contributed by atoms with Gasteiger partial charge in [0, 0.05) is 52.1 Å². The Kier molecular flexibility index (Phi) is 23.9. The largest absolute Gasteiger partial charge is 0.490 e. The SMILES string of the molecule is CC.CC(C)C.CCOC.CCc1ccc(N(C)CC(C)C)cc1.COCc1ccc2c(c1)C(O)CC(C1CCNCC1)O2. The van der Waals surface area contributed by atoms with E-state index in [-0.39, 0.29) is 6.10 Å². The zero-order valence-electron chi connectivity index (χ0n) is 30.4. The zero-order chi connectivity index (χ0) is 33.5. The van der Waals surface area contributed by atoms with Crippen molar-refractivity contribution in [1.29, 1.82) is 0 Å². The Balaban J connectivity index is 0.000000670. The van der Waals surface area contributed by atoms with Crippen molar-refractivity contribution in [2.45, 2.75) is 107 Å². The molecule has 1 fully saturated rings. The van der Waals surface area contributed by atoms with Gasteiger partial charge in [-0.1, -0.05) is 73.6 Å². The highest BCUT2D eigenvalue weighted by molar-refractivity contribution is 5.46. The maximum atomic E-state index is 10.4. The molecule has 2 atom stereocenters. The summed E-state index contributed by atoms with van der Waals surface area (Å²) in [6, 6.07) is 14.8. The van der Waals surface area contributed by atoms with Gasteiger partial charge in [0.05, 0.1) is 12.7 Å². The number of ether oxygens (including phenoxy) is 3. The smallest absolute Gasteiger partial charge is 0.125 e. The van der Waals surface area contributed by atoms with Gasteiger partial charge in [-0.05, 0) is 92.4 Å². The van der Waals surface area contributed by atoms with E-state index in [2.05, 4.69) is 87.8 Å². The molecule has 2 aromatic carbocycles. The molecule has 1 saturated heterocycles. The molecule has 4 rings (SSSR count). The number of rotatable bonds is 8. The Morgan fingerprint density at radius 3 is 1.93 bits per heavy atom. The number of hydrogen-bond donors (Lipinski definition) is 2. The molecule has 0 aliphatic carbocycles. The summed E-state index contributed by atoms with van der Waals surface area (Å²) in [5.41, 5.74) is 4.71. The predicted molar refractivity (Wildman–Crippen MR) is 190 cm³/mol. The molecule has 0 amide bonds. The molecule has 2 aromatic rings. The third-order valence-corrected chi connectivity index (χ3v) is 7.10. The number of anilines is 1. The van der Waals surface area contributed by atoms with Crippen molar-refractivity contribution in [3.8, 4) is 5.75 Å². The predicted octanol–water partition coefficient (Wildman–Crippen LogP) is 8.70. The lowest BCUT2D eigenvalue weighted by Gasteiger charge is -2.36. The van der Waals surface area contributed by atoms with E-state index in [0.29, 0.717) is 24.9 Å².